The predicted molar refractivity (Wildman–Crippen MR) is 119 cm³/mol. The smallest absolute Gasteiger partial charge is 0.337 e. The third kappa shape index (κ3) is 3.50. The average molecular weight is 456 g/mol. The Kier molecular flexibility index (Phi) is 5.56. The number of fused-ring (bicyclic) bond motifs is 1. The topological polar surface area (TPSA) is 47.8 Å². The van der Waals surface area contributed by atoms with Crippen molar-refractivity contribution < 1.29 is 18.7 Å². The molecular weight excluding hydrogens is 440 g/mol. The van der Waals surface area contributed by atoms with Crippen LogP contribution in [-0.2, 0) is 4.74 Å². The molecule has 0 atom stereocenters. The Morgan fingerprint density at radius 1 is 1.00 bits per heavy atom. The van der Waals surface area contributed by atoms with Crippen LogP contribution < -0.4 is 0 Å². The van der Waals surface area contributed by atoms with E-state index in [1.54, 1.807) is 53.9 Å². The molecule has 0 radical (unpaired) electrons. The zero-order chi connectivity index (χ0) is 22.3. The molecular formula is C24H16Cl2FNO3. The number of hydrogen-bond donors (Lipinski definition) is 0. The van der Waals surface area contributed by atoms with E-state index in [1.165, 1.54) is 19.2 Å². The van der Waals surface area contributed by atoms with Crippen molar-refractivity contribution in [2.45, 2.75) is 6.92 Å². The molecule has 4 nitrogen and oxygen atoms in total. The number of pyridine rings is 1. The summed E-state index contributed by atoms with van der Waals surface area (Å²) >= 11 is 12.5. The fourth-order valence-electron chi connectivity index (χ4n) is 3.75. The molecule has 0 unspecified atom stereocenters. The van der Waals surface area contributed by atoms with Crippen LogP contribution in [0, 0.1) is 12.7 Å². The SMILES string of the molecule is COC(=O)c1ccc(-c2c(C)c(C(=O)c3c(Cl)cccc3Cl)n3ccccc23)c(F)c1. The van der Waals surface area contributed by atoms with E-state index in [2.05, 4.69) is 4.74 Å². The molecule has 4 aromatic rings. The number of rotatable bonds is 4. The minimum Gasteiger partial charge on any atom is -0.465 e. The summed E-state index contributed by atoms with van der Waals surface area (Å²) in [5.74, 6) is -1.60. The number of benzene rings is 2. The van der Waals surface area contributed by atoms with Gasteiger partial charge in [0.1, 0.15) is 5.82 Å². The van der Waals surface area contributed by atoms with E-state index in [4.69, 9.17) is 23.2 Å². The van der Waals surface area contributed by atoms with Crippen LogP contribution in [0.15, 0.2) is 60.8 Å². The average Bonchev–Trinajstić information content (AvgIpc) is 3.04. The molecule has 0 N–H and O–H groups in total. The monoisotopic (exact) mass is 455 g/mol. The summed E-state index contributed by atoms with van der Waals surface area (Å²) in [6, 6.07) is 14.3. The van der Waals surface area contributed by atoms with Crippen LogP contribution in [0.5, 0.6) is 0 Å². The highest BCUT2D eigenvalue weighted by molar-refractivity contribution is 6.41. The van der Waals surface area contributed by atoms with E-state index in [1.807, 2.05) is 0 Å². The molecule has 2 aromatic carbocycles. The highest BCUT2D eigenvalue weighted by atomic mass is 35.5. The second-order valence-corrected chi connectivity index (χ2v) is 7.73. The van der Waals surface area contributed by atoms with Gasteiger partial charge in [-0.2, -0.15) is 0 Å². The van der Waals surface area contributed by atoms with Crippen molar-refractivity contribution in [2.24, 2.45) is 0 Å². The Bertz CT molecular complexity index is 1340. The van der Waals surface area contributed by atoms with Gasteiger partial charge in [-0.3, -0.25) is 4.79 Å². The first-order chi connectivity index (χ1) is 14.8. The summed E-state index contributed by atoms with van der Waals surface area (Å²) < 4.78 is 21.4. The van der Waals surface area contributed by atoms with Crippen molar-refractivity contribution in [2.75, 3.05) is 7.11 Å². The van der Waals surface area contributed by atoms with Gasteiger partial charge in [0.05, 0.1) is 39.5 Å². The lowest BCUT2D eigenvalue weighted by Gasteiger charge is -2.08. The number of halogens is 3. The van der Waals surface area contributed by atoms with Crippen molar-refractivity contribution in [1.29, 1.82) is 0 Å². The summed E-state index contributed by atoms with van der Waals surface area (Å²) in [5.41, 5.74) is 2.62. The van der Waals surface area contributed by atoms with E-state index in [0.29, 0.717) is 22.3 Å². The van der Waals surface area contributed by atoms with Crippen LogP contribution in [0.25, 0.3) is 16.6 Å². The van der Waals surface area contributed by atoms with Gasteiger partial charge in [-0.1, -0.05) is 41.4 Å². The van der Waals surface area contributed by atoms with E-state index in [-0.39, 0.29) is 32.5 Å². The molecule has 4 rings (SSSR count). The van der Waals surface area contributed by atoms with Crippen molar-refractivity contribution in [3.63, 3.8) is 0 Å². The number of methoxy groups -OCH3 is 1. The summed E-state index contributed by atoms with van der Waals surface area (Å²) in [6.07, 6.45) is 1.73. The van der Waals surface area contributed by atoms with Gasteiger partial charge in [0.2, 0.25) is 5.78 Å². The number of aromatic nitrogens is 1. The number of carbonyl (C=O) groups is 2. The molecule has 2 heterocycles. The Labute approximate surface area is 187 Å². The van der Waals surface area contributed by atoms with Gasteiger partial charge >= 0.3 is 5.97 Å². The second kappa shape index (κ2) is 8.17. The van der Waals surface area contributed by atoms with E-state index in [9.17, 15) is 9.59 Å². The molecule has 0 bridgehead atoms. The first kappa shape index (κ1) is 21.1. The summed E-state index contributed by atoms with van der Waals surface area (Å²) in [4.78, 5) is 25.2. The van der Waals surface area contributed by atoms with E-state index in [0.717, 1.165) is 6.07 Å². The van der Waals surface area contributed by atoms with Gasteiger partial charge in [-0.05, 0) is 48.9 Å². The quantitative estimate of drug-likeness (QED) is 0.265. The molecule has 0 aliphatic rings. The van der Waals surface area contributed by atoms with Gasteiger partial charge in [0.15, 0.2) is 0 Å². The van der Waals surface area contributed by atoms with Crippen LogP contribution >= 0.6 is 23.2 Å². The lowest BCUT2D eigenvalue weighted by molar-refractivity contribution is 0.0600. The molecule has 0 aliphatic heterocycles. The van der Waals surface area contributed by atoms with Crippen molar-refractivity contribution >= 4 is 40.5 Å². The number of nitrogens with zero attached hydrogens (tertiary/aromatic N) is 1. The minimum absolute atomic E-state index is 0.101. The Hall–Kier alpha value is -3.15. The van der Waals surface area contributed by atoms with Crippen molar-refractivity contribution in [1.82, 2.24) is 4.40 Å². The van der Waals surface area contributed by atoms with Crippen LogP contribution in [0.3, 0.4) is 0 Å². The van der Waals surface area contributed by atoms with Gasteiger partial charge in [0.25, 0.3) is 0 Å². The standard InChI is InChI=1S/C24H16Cl2FNO3/c1-13-20(15-10-9-14(12-18(15)27)24(30)31-2)19-8-3-4-11-28(19)22(13)23(29)21-16(25)6-5-7-17(21)26/h3-12H,1-2H3. The molecule has 0 fully saturated rings. The largest absolute Gasteiger partial charge is 0.465 e. The van der Waals surface area contributed by atoms with Crippen LogP contribution in [0.4, 0.5) is 4.39 Å². The number of esters is 1. The normalized spacial score (nSPS) is 11.0. The molecule has 0 aliphatic carbocycles. The third-order valence-corrected chi connectivity index (χ3v) is 5.78. The third-order valence-electron chi connectivity index (χ3n) is 5.15. The minimum atomic E-state index is -0.631. The fourth-order valence-corrected chi connectivity index (χ4v) is 4.32. The predicted octanol–water partition coefficient (Wildman–Crippen LogP) is 6.38. The fraction of sp³-hybridized carbons (Fsp3) is 0.0833. The maximum atomic E-state index is 15.1. The molecule has 31 heavy (non-hydrogen) atoms. The maximum Gasteiger partial charge on any atom is 0.337 e. The zero-order valence-electron chi connectivity index (χ0n) is 16.6. The zero-order valence-corrected chi connectivity index (χ0v) is 18.1. The maximum absolute atomic E-state index is 15.1. The number of hydrogen-bond acceptors (Lipinski definition) is 3. The van der Waals surface area contributed by atoms with Gasteiger partial charge in [-0.25, -0.2) is 9.18 Å². The van der Waals surface area contributed by atoms with Crippen molar-refractivity contribution in [3.8, 4) is 11.1 Å². The molecule has 7 heteroatoms. The summed E-state index contributed by atoms with van der Waals surface area (Å²) in [5, 5.41) is 0.468. The molecule has 0 spiro atoms. The lowest BCUT2D eigenvalue weighted by Crippen LogP contribution is -2.08. The highest BCUT2D eigenvalue weighted by Gasteiger charge is 2.26. The molecule has 2 aromatic heterocycles. The number of ketones is 1. The Morgan fingerprint density at radius 3 is 2.35 bits per heavy atom. The van der Waals surface area contributed by atoms with E-state index < -0.39 is 11.8 Å². The van der Waals surface area contributed by atoms with Crippen LogP contribution in [-0.4, -0.2) is 23.3 Å². The lowest BCUT2D eigenvalue weighted by atomic mass is 9.97. The first-order valence-electron chi connectivity index (χ1n) is 9.31. The van der Waals surface area contributed by atoms with Gasteiger partial charge in [0, 0.05) is 17.3 Å². The number of carbonyl (C=O) groups excluding carboxylic acids is 2. The van der Waals surface area contributed by atoms with Gasteiger partial charge in [-0.15, -0.1) is 0 Å². The summed E-state index contributed by atoms with van der Waals surface area (Å²) in [6.45, 7) is 1.74. The summed E-state index contributed by atoms with van der Waals surface area (Å²) in [7, 11) is 1.23. The van der Waals surface area contributed by atoms with Crippen molar-refractivity contribution in [3.05, 3.63) is 99.0 Å². The molecule has 0 saturated carbocycles. The van der Waals surface area contributed by atoms with Gasteiger partial charge < -0.3 is 9.14 Å². The number of ether oxygens (including phenoxy) is 1. The molecule has 0 saturated heterocycles. The Balaban J connectivity index is 1.97. The molecule has 156 valence electrons. The molecule has 0 amide bonds. The first-order valence-corrected chi connectivity index (χ1v) is 10.1. The highest BCUT2D eigenvalue weighted by Crippen LogP contribution is 2.37. The Morgan fingerprint density at radius 2 is 1.71 bits per heavy atom. The van der Waals surface area contributed by atoms with Crippen LogP contribution in [0.1, 0.15) is 32.0 Å². The van der Waals surface area contributed by atoms with Crippen LogP contribution in [0.2, 0.25) is 10.0 Å². The van der Waals surface area contributed by atoms with E-state index >= 15 is 4.39 Å². The second-order valence-electron chi connectivity index (χ2n) is 6.92.